The number of nitrogens with zero attached hydrogens (tertiary/aromatic N) is 6. The fraction of sp³-hybridized carbons (Fsp3) is 0.175. The predicted octanol–water partition coefficient (Wildman–Crippen LogP) is 4.55. The maximum atomic E-state index is 13.2. The van der Waals surface area contributed by atoms with Crippen molar-refractivity contribution in [2.45, 2.75) is 24.9 Å². The lowest BCUT2D eigenvalue weighted by Gasteiger charge is -2.15. The molecule has 248 valence electrons. The minimum Gasteiger partial charge on any atom is -0.394 e. The molecule has 3 atom stereocenters. The molecule has 11 nitrogen and oxygen atoms in total. The van der Waals surface area contributed by atoms with Crippen molar-refractivity contribution in [2.75, 3.05) is 20.7 Å². The van der Waals surface area contributed by atoms with E-state index in [1.165, 1.54) is 6.34 Å². The summed E-state index contributed by atoms with van der Waals surface area (Å²) in [5.41, 5.74) is 2.81. The lowest BCUT2D eigenvalue weighted by Crippen LogP contribution is -2.24. The molecule has 1 aliphatic heterocycles. The van der Waals surface area contributed by atoms with E-state index < -0.39 is 24.0 Å². The Labute approximate surface area is 291 Å². The number of rotatable bonds is 4. The highest BCUT2D eigenvalue weighted by Crippen LogP contribution is 2.37. The van der Waals surface area contributed by atoms with Gasteiger partial charge in [0.15, 0.2) is 17.0 Å². The molecule has 0 aliphatic carbocycles. The predicted molar refractivity (Wildman–Crippen MR) is 195 cm³/mol. The van der Waals surface area contributed by atoms with Crippen molar-refractivity contribution in [2.24, 2.45) is 4.99 Å². The summed E-state index contributed by atoms with van der Waals surface area (Å²) in [4.78, 5) is 30.9. The highest BCUT2D eigenvalue weighted by Gasteiger charge is 2.37. The molecule has 1 saturated heterocycles. The first-order valence-corrected chi connectivity index (χ1v) is 16.2. The highest BCUT2D eigenvalue weighted by molar-refractivity contribution is 6.24. The molecule has 8 rings (SSSR count). The molecule has 1 aliphatic rings. The van der Waals surface area contributed by atoms with Gasteiger partial charge in [-0.15, -0.1) is 0 Å². The van der Waals surface area contributed by atoms with E-state index in [0.29, 0.717) is 5.56 Å². The van der Waals surface area contributed by atoms with Crippen LogP contribution in [0, 0.1) is 35.0 Å². The molecule has 7 aromatic rings. The number of ether oxygens (including phenoxy) is 1. The molecule has 0 bridgehead atoms. The Bertz CT molecular complexity index is 2750. The van der Waals surface area contributed by atoms with Crippen molar-refractivity contribution in [1.29, 1.82) is 5.26 Å². The van der Waals surface area contributed by atoms with E-state index in [1.807, 2.05) is 30.3 Å². The number of nitriles is 1. The second kappa shape index (κ2) is 12.7. The van der Waals surface area contributed by atoms with E-state index in [-0.39, 0.29) is 36.0 Å². The largest absolute Gasteiger partial charge is 0.394 e. The van der Waals surface area contributed by atoms with Crippen molar-refractivity contribution in [1.82, 2.24) is 24.4 Å². The number of aliphatic hydroxyl groups is 2. The van der Waals surface area contributed by atoms with Crippen molar-refractivity contribution in [3.8, 4) is 29.8 Å². The van der Waals surface area contributed by atoms with Crippen molar-refractivity contribution in [3.63, 3.8) is 0 Å². The van der Waals surface area contributed by atoms with Crippen LogP contribution in [-0.4, -0.2) is 73.9 Å². The summed E-state index contributed by atoms with van der Waals surface area (Å²) in [6.45, 7) is -0.372. The number of fused-ring (bicyclic) bond motifs is 1. The van der Waals surface area contributed by atoms with Crippen LogP contribution in [0.5, 0.6) is 0 Å². The van der Waals surface area contributed by atoms with Crippen LogP contribution in [-0.2, 0) is 4.74 Å². The number of aromatic nitrogens is 4. The van der Waals surface area contributed by atoms with Gasteiger partial charge >= 0.3 is 0 Å². The molecule has 11 heteroatoms. The lowest BCUT2D eigenvalue weighted by molar-refractivity contribution is -0.0434. The zero-order valence-electron chi connectivity index (χ0n) is 27.5. The molecule has 0 spiro atoms. The molecule has 2 aromatic heterocycles. The second-order valence-electron chi connectivity index (χ2n) is 12.5. The number of benzene rings is 5. The van der Waals surface area contributed by atoms with Gasteiger partial charge in [0.25, 0.3) is 5.56 Å². The third-order valence-electron chi connectivity index (χ3n) is 8.95. The van der Waals surface area contributed by atoms with Crippen LogP contribution in [0.2, 0.25) is 0 Å². The molecule has 3 N–H and O–H groups in total. The van der Waals surface area contributed by atoms with Crippen molar-refractivity contribution >= 4 is 55.8 Å². The zero-order valence-corrected chi connectivity index (χ0v) is 27.5. The summed E-state index contributed by atoms with van der Waals surface area (Å²) in [5, 5.41) is 35.7. The van der Waals surface area contributed by atoms with Crippen LogP contribution >= 0.6 is 0 Å². The number of aliphatic hydroxyl groups excluding tert-OH is 2. The number of nitrogens with one attached hydrogen (secondary N) is 1. The molecule has 0 saturated carbocycles. The molecule has 0 amide bonds. The first-order valence-electron chi connectivity index (χ1n) is 16.2. The summed E-state index contributed by atoms with van der Waals surface area (Å²) in [6.07, 6.45) is -0.857. The van der Waals surface area contributed by atoms with Crippen molar-refractivity contribution < 1.29 is 14.9 Å². The number of imidazole rings is 1. The van der Waals surface area contributed by atoms with Crippen LogP contribution in [0.15, 0.2) is 82.6 Å². The van der Waals surface area contributed by atoms with Crippen LogP contribution in [0.3, 0.4) is 0 Å². The molecule has 1 fully saturated rings. The average molecular weight is 672 g/mol. The molecule has 51 heavy (non-hydrogen) atoms. The first kappa shape index (κ1) is 31.7. The van der Waals surface area contributed by atoms with Gasteiger partial charge in [-0.25, -0.2) is 9.98 Å². The fourth-order valence-corrected chi connectivity index (χ4v) is 6.51. The number of H-pyrrole nitrogens is 1. The van der Waals surface area contributed by atoms with Gasteiger partial charge in [0, 0.05) is 37.2 Å². The summed E-state index contributed by atoms with van der Waals surface area (Å²) in [7, 11) is 3.60. The second-order valence-corrected chi connectivity index (χ2v) is 12.5. The normalized spacial score (nSPS) is 17.2. The molecule has 0 radical (unpaired) electrons. The molecular formula is C40H29N7O4. The molecular weight excluding hydrogens is 642 g/mol. The number of hydrogen-bond acceptors (Lipinski definition) is 8. The van der Waals surface area contributed by atoms with Gasteiger partial charge in [-0.3, -0.25) is 14.3 Å². The average Bonchev–Trinajstić information content (AvgIpc) is 3.71. The summed E-state index contributed by atoms with van der Waals surface area (Å²) in [6, 6.07) is 25.7. The van der Waals surface area contributed by atoms with Gasteiger partial charge in [-0.1, -0.05) is 54.2 Å². The number of aromatic amines is 1. The van der Waals surface area contributed by atoms with Gasteiger partial charge in [0.2, 0.25) is 5.95 Å². The quantitative estimate of drug-likeness (QED) is 0.107. The minimum atomic E-state index is -0.928. The Balaban J connectivity index is 1.26. The van der Waals surface area contributed by atoms with Gasteiger partial charge in [0.1, 0.15) is 12.3 Å². The van der Waals surface area contributed by atoms with E-state index in [2.05, 4.69) is 80.0 Å². The van der Waals surface area contributed by atoms with Crippen LogP contribution in [0.4, 0.5) is 5.95 Å². The zero-order chi connectivity index (χ0) is 35.2. The SMILES string of the molecule is CN(C)/C=N/c1nc2c(nc(C#Cc3ccc4ccc5c(C#Cc6ccc(C#N)cc6)ccc6ccc3c4c65)n2[C@H]2C[C@H](O)[C@@H](CO)O2)c(=O)[nH]1. The van der Waals surface area contributed by atoms with Crippen molar-refractivity contribution in [3.05, 3.63) is 111 Å². The first-order chi connectivity index (χ1) is 24.8. The molecule has 0 unspecified atom stereocenters. The van der Waals surface area contributed by atoms with Crippen LogP contribution < -0.4 is 5.56 Å². The Kier molecular flexibility index (Phi) is 7.91. The summed E-state index contributed by atoms with van der Waals surface area (Å²) >= 11 is 0. The number of aliphatic imine (C=N–C) groups is 1. The number of hydrogen-bond donors (Lipinski definition) is 3. The Hall–Kier alpha value is -6.55. The van der Waals surface area contributed by atoms with Gasteiger partial charge < -0.3 is 19.8 Å². The maximum absolute atomic E-state index is 13.2. The van der Waals surface area contributed by atoms with Gasteiger partial charge in [-0.05, 0) is 74.6 Å². The van der Waals surface area contributed by atoms with Crippen LogP contribution in [0.1, 0.15) is 40.7 Å². The van der Waals surface area contributed by atoms with E-state index in [0.717, 1.165) is 49.0 Å². The van der Waals surface area contributed by atoms with E-state index in [4.69, 9.17) is 10.00 Å². The monoisotopic (exact) mass is 671 g/mol. The van der Waals surface area contributed by atoms with Gasteiger partial charge in [-0.2, -0.15) is 10.2 Å². The summed E-state index contributed by atoms with van der Waals surface area (Å²) < 4.78 is 7.59. The van der Waals surface area contributed by atoms with Crippen LogP contribution in [0.25, 0.3) is 43.5 Å². The third-order valence-corrected chi connectivity index (χ3v) is 8.95. The molecule has 3 heterocycles. The fourth-order valence-electron chi connectivity index (χ4n) is 6.51. The van der Waals surface area contributed by atoms with E-state index >= 15 is 0 Å². The standard InChI is InChI=1S/C40H29N7O4/c1-46(2)22-42-40-44-38-37(39(50)45-40)43-33(47(38)34-19-31(49)32(21-48)51-34)18-15-26-10-12-28-13-16-29-25(8-7-23-3-5-24(20-41)6-4-23)9-11-27-14-17-30(26)36(28)35(27)29/h3-6,9-14,16-17,22,31-32,34,48-49H,19,21H2,1-2H3,(H,44,45,50)/b42-22+/t31-,32+,34+/m0/s1. The highest BCUT2D eigenvalue weighted by atomic mass is 16.5. The smallest absolute Gasteiger partial charge is 0.280 e. The van der Waals surface area contributed by atoms with Gasteiger partial charge in [0.05, 0.1) is 30.7 Å². The Morgan fingerprint density at radius 1 is 0.922 bits per heavy atom. The Morgan fingerprint density at radius 2 is 1.55 bits per heavy atom. The molecule has 5 aromatic carbocycles. The topological polar surface area (TPSA) is 153 Å². The lowest BCUT2D eigenvalue weighted by atomic mass is 9.90. The van der Waals surface area contributed by atoms with E-state index in [1.54, 1.807) is 35.7 Å². The maximum Gasteiger partial charge on any atom is 0.280 e. The van der Waals surface area contributed by atoms with E-state index in [9.17, 15) is 15.0 Å². The Morgan fingerprint density at radius 3 is 2.16 bits per heavy atom. The minimum absolute atomic E-state index is 0.0543. The summed E-state index contributed by atoms with van der Waals surface area (Å²) in [5.74, 6) is 13.3. The third kappa shape index (κ3) is 5.70.